The minimum atomic E-state index is 0.630. The van der Waals surface area contributed by atoms with Gasteiger partial charge >= 0.3 is 0 Å². The van der Waals surface area contributed by atoms with E-state index in [4.69, 9.17) is 9.15 Å². The molecule has 0 N–H and O–H groups in total. The van der Waals surface area contributed by atoms with Crippen molar-refractivity contribution in [1.82, 2.24) is 0 Å². The summed E-state index contributed by atoms with van der Waals surface area (Å²) in [4.78, 5) is 0. The highest BCUT2D eigenvalue weighted by atomic mass is 16.5. The minimum absolute atomic E-state index is 0.630. The fraction of sp³-hybridized carbons (Fsp3) is 0.545. The lowest BCUT2D eigenvalue weighted by molar-refractivity contribution is 0.175. The van der Waals surface area contributed by atoms with Gasteiger partial charge in [-0.3, -0.25) is 0 Å². The summed E-state index contributed by atoms with van der Waals surface area (Å²) >= 11 is 0. The molecule has 0 saturated heterocycles. The molecule has 1 aromatic rings. The highest BCUT2D eigenvalue weighted by Gasteiger charge is 2.13. The van der Waals surface area contributed by atoms with Gasteiger partial charge in [-0.1, -0.05) is 13.8 Å². The van der Waals surface area contributed by atoms with Crippen LogP contribution in [0.1, 0.15) is 26.0 Å². The summed E-state index contributed by atoms with van der Waals surface area (Å²) in [5.41, 5.74) is 0. The first-order valence-corrected chi connectivity index (χ1v) is 4.63. The zero-order valence-corrected chi connectivity index (χ0v) is 8.54. The zero-order chi connectivity index (χ0) is 9.68. The molecule has 13 heavy (non-hydrogen) atoms. The first-order chi connectivity index (χ1) is 6.22. The molecule has 73 valence electrons. The highest BCUT2D eigenvalue weighted by molar-refractivity contribution is 5.03. The Morgan fingerprint density at radius 1 is 1.54 bits per heavy atom. The van der Waals surface area contributed by atoms with Crippen LogP contribution in [0.2, 0.25) is 0 Å². The van der Waals surface area contributed by atoms with Crippen molar-refractivity contribution in [2.45, 2.75) is 26.7 Å². The summed E-state index contributed by atoms with van der Waals surface area (Å²) in [6, 6.07) is 3.87. The smallest absolute Gasteiger partial charge is 0.106 e. The van der Waals surface area contributed by atoms with Crippen molar-refractivity contribution >= 4 is 0 Å². The van der Waals surface area contributed by atoms with E-state index in [0.717, 1.165) is 24.7 Å². The van der Waals surface area contributed by atoms with Gasteiger partial charge < -0.3 is 9.15 Å². The largest absolute Gasteiger partial charge is 0.469 e. The lowest BCUT2D eigenvalue weighted by Crippen LogP contribution is -2.07. The average molecular weight is 181 g/mol. The van der Waals surface area contributed by atoms with E-state index in [1.54, 1.807) is 13.4 Å². The number of hydrogen-bond donors (Lipinski definition) is 0. The van der Waals surface area contributed by atoms with E-state index >= 15 is 0 Å². The van der Waals surface area contributed by atoms with Crippen molar-refractivity contribution in [3.8, 4) is 0 Å². The van der Waals surface area contributed by atoms with Crippen molar-refractivity contribution in [3.63, 3.8) is 0 Å². The van der Waals surface area contributed by atoms with Gasteiger partial charge in [-0.05, 0) is 24.5 Å². The van der Waals surface area contributed by atoms with Crippen molar-refractivity contribution in [1.29, 1.82) is 0 Å². The third kappa shape index (κ3) is 3.64. The molecule has 0 aliphatic carbocycles. The van der Waals surface area contributed by atoms with Crippen molar-refractivity contribution in [3.05, 3.63) is 30.3 Å². The van der Waals surface area contributed by atoms with Crippen LogP contribution >= 0.6 is 0 Å². The predicted molar refractivity (Wildman–Crippen MR) is 52.1 cm³/mol. The molecule has 2 heteroatoms. The van der Waals surface area contributed by atoms with Gasteiger partial charge in [-0.2, -0.15) is 0 Å². The van der Waals surface area contributed by atoms with Crippen LogP contribution in [0.15, 0.2) is 22.8 Å². The van der Waals surface area contributed by atoms with Crippen LogP contribution in [0, 0.1) is 12.0 Å². The topological polar surface area (TPSA) is 22.4 Å². The van der Waals surface area contributed by atoms with Gasteiger partial charge in [0.25, 0.3) is 0 Å². The standard InChI is InChI=1S/C11H17O2/c1-9(2)7-11(12-3)8-10-5-4-6-13-10/h4-6,9H,7-8H2,1-3H3. The molecule has 1 rings (SSSR count). The maximum atomic E-state index is 5.29. The first-order valence-electron chi connectivity index (χ1n) is 4.63. The molecule has 0 fully saturated rings. The van der Waals surface area contributed by atoms with Crippen molar-refractivity contribution < 1.29 is 9.15 Å². The average Bonchev–Trinajstić information content (AvgIpc) is 2.55. The van der Waals surface area contributed by atoms with Crippen LogP contribution in [0.5, 0.6) is 0 Å². The van der Waals surface area contributed by atoms with Gasteiger partial charge in [0.2, 0.25) is 0 Å². The quantitative estimate of drug-likeness (QED) is 0.696. The van der Waals surface area contributed by atoms with Crippen LogP contribution < -0.4 is 0 Å². The molecular weight excluding hydrogens is 164 g/mol. The lowest BCUT2D eigenvalue weighted by Gasteiger charge is -2.14. The number of ether oxygens (including phenoxy) is 1. The molecule has 0 saturated carbocycles. The molecule has 0 bridgehead atoms. The Labute approximate surface area is 79.9 Å². The van der Waals surface area contributed by atoms with E-state index in [-0.39, 0.29) is 0 Å². The summed E-state index contributed by atoms with van der Waals surface area (Å²) < 4.78 is 10.5. The van der Waals surface area contributed by atoms with Gasteiger partial charge in [0.1, 0.15) is 11.9 Å². The lowest BCUT2D eigenvalue weighted by atomic mass is 10.0. The Hall–Kier alpha value is -0.760. The Bertz CT molecular complexity index is 214. The van der Waals surface area contributed by atoms with Gasteiger partial charge in [-0.25, -0.2) is 0 Å². The molecule has 2 nitrogen and oxygen atoms in total. The third-order valence-corrected chi connectivity index (χ3v) is 1.88. The normalized spacial score (nSPS) is 11.5. The Morgan fingerprint density at radius 2 is 2.31 bits per heavy atom. The van der Waals surface area contributed by atoms with Crippen LogP contribution in [-0.2, 0) is 11.2 Å². The molecule has 1 aromatic heterocycles. The molecule has 0 aromatic carbocycles. The molecule has 0 aliphatic heterocycles. The summed E-state index contributed by atoms with van der Waals surface area (Å²) in [5, 5.41) is 0. The van der Waals surface area contributed by atoms with Crippen LogP contribution in [0.4, 0.5) is 0 Å². The number of hydrogen-bond acceptors (Lipinski definition) is 2. The molecule has 0 spiro atoms. The van der Waals surface area contributed by atoms with E-state index in [9.17, 15) is 0 Å². The molecule has 1 heterocycles. The summed E-state index contributed by atoms with van der Waals surface area (Å²) in [5.74, 6) is 1.60. The second kappa shape index (κ2) is 5.07. The fourth-order valence-corrected chi connectivity index (χ4v) is 1.29. The monoisotopic (exact) mass is 181 g/mol. The number of furan rings is 1. The molecule has 0 unspecified atom stereocenters. The van der Waals surface area contributed by atoms with Gasteiger partial charge in [0, 0.05) is 13.5 Å². The molecular formula is C11H17O2. The van der Waals surface area contributed by atoms with E-state index in [0.29, 0.717) is 5.92 Å². The Balaban J connectivity index is 2.40. The van der Waals surface area contributed by atoms with E-state index in [2.05, 4.69) is 13.8 Å². The SMILES string of the molecule is CO[C](Cc1ccco1)CC(C)C. The van der Waals surface area contributed by atoms with E-state index < -0.39 is 0 Å². The highest BCUT2D eigenvalue weighted by Crippen LogP contribution is 2.19. The molecule has 0 atom stereocenters. The van der Waals surface area contributed by atoms with Gasteiger partial charge in [0.05, 0.1) is 6.26 Å². The second-order valence-corrected chi connectivity index (χ2v) is 3.60. The van der Waals surface area contributed by atoms with Gasteiger partial charge in [-0.15, -0.1) is 0 Å². The van der Waals surface area contributed by atoms with E-state index in [1.165, 1.54) is 0 Å². The Morgan fingerprint density at radius 3 is 2.77 bits per heavy atom. The van der Waals surface area contributed by atoms with Crippen LogP contribution in [0.3, 0.4) is 0 Å². The molecule has 1 radical (unpaired) electrons. The predicted octanol–water partition coefficient (Wildman–Crippen LogP) is 3.05. The maximum Gasteiger partial charge on any atom is 0.106 e. The van der Waals surface area contributed by atoms with Gasteiger partial charge in [0.15, 0.2) is 0 Å². The second-order valence-electron chi connectivity index (χ2n) is 3.60. The van der Waals surface area contributed by atoms with Crippen molar-refractivity contribution in [2.24, 2.45) is 5.92 Å². The Kier molecular flexibility index (Phi) is 4.03. The summed E-state index contributed by atoms with van der Waals surface area (Å²) in [6.45, 7) is 4.36. The van der Waals surface area contributed by atoms with E-state index in [1.807, 2.05) is 12.1 Å². The summed E-state index contributed by atoms with van der Waals surface area (Å²) in [7, 11) is 1.72. The van der Waals surface area contributed by atoms with Crippen molar-refractivity contribution in [2.75, 3.05) is 7.11 Å². The molecule has 0 aliphatic rings. The first kappa shape index (κ1) is 10.3. The van der Waals surface area contributed by atoms with Crippen LogP contribution in [-0.4, -0.2) is 7.11 Å². The third-order valence-electron chi connectivity index (χ3n) is 1.88. The zero-order valence-electron chi connectivity index (χ0n) is 8.54. The maximum absolute atomic E-state index is 5.29. The molecule has 0 amide bonds. The number of rotatable bonds is 5. The van der Waals surface area contributed by atoms with Crippen LogP contribution in [0.25, 0.3) is 0 Å². The number of methoxy groups -OCH3 is 1. The minimum Gasteiger partial charge on any atom is -0.469 e. The summed E-state index contributed by atoms with van der Waals surface area (Å²) in [6.07, 6.45) is 4.57. The fourth-order valence-electron chi connectivity index (χ4n) is 1.29.